The molecule has 3 aromatic carbocycles. The first-order chi connectivity index (χ1) is 18.8. The van der Waals surface area contributed by atoms with Crippen LogP contribution in [0.2, 0.25) is 0 Å². The molecule has 0 fully saturated rings. The van der Waals surface area contributed by atoms with E-state index in [4.69, 9.17) is 15.3 Å². The first-order valence-corrected chi connectivity index (χ1v) is 19.6. The van der Waals surface area contributed by atoms with E-state index in [0.29, 0.717) is 27.8 Å². The number of carbonyl (C=O) groups is 1. The molecule has 5 rings (SSSR count). The molecule has 1 heterocycles. The van der Waals surface area contributed by atoms with Crippen LogP contribution in [0.5, 0.6) is 5.75 Å². The number of hydrogen-bond donors (Lipinski definition) is 3. The number of sulfonamides is 1. The van der Waals surface area contributed by atoms with Crippen LogP contribution in [0, 0.1) is 0 Å². The summed E-state index contributed by atoms with van der Waals surface area (Å²) in [6.45, 7) is 0. The van der Waals surface area contributed by atoms with Crippen molar-refractivity contribution in [3.8, 4) is 28.2 Å². The number of hydrogen-bond acceptors (Lipinski definition) is 9. The van der Waals surface area contributed by atoms with Crippen molar-refractivity contribution in [2.75, 3.05) is 5.73 Å². The molecule has 0 atom stereocenters. The van der Waals surface area contributed by atoms with Crippen LogP contribution in [-0.2, 0) is 35.1 Å². The number of nitrogen functional groups attached to an aromatic ring is 1. The second-order valence-corrected chi connectivity index (χ2v) is 15.7. The van der Waals surface area contributed by atoms with Gasteiger partial charge in [0.05, 0.1) is 4.90 Å². The molecule has 2 aliphatic rings. The Morgan fingerprint density at radius 2 is 1.57 bits per heavy atom. The first kappa shape index (κ1) is 37.4. The number of carbonyl (C=O) groups excluding carboxylic acids is 1. The van der Waals surface area contributed by atoms with Gasteiger partial charge < -0.3 is 5.73 Å². The van der Waals surface area contributed by atoms with E-state index in [1.54, 1.807) is 30.3 Å². The molecule has 1 aliphatic carbocycles. The van der Waals surface area contributed by atoms with Gasteiger partial charge in [-0.2, -0.15) is 0 Å². The summed E-state index contributed by atoms with van der Waals surface area (Å²) in [6.07, 6.45) is 0. The number of nitrogens with two attached hydrogens (primary N) is 2. The molecular formula is C26H16Br2HgN2Na2O8S. The molecule has 1 aliphatic heterocycles. The summed E-state index contributed by atoms with van der Waals surface area (Å²) in [5, 5.41) is 29.6. The minimum atomic E-state index is -3.58. The Morgan fingerprint density at radius 3 is 2.14 bits per heavy atom. The minimum Gasteiger partial charge on any atom is 1.00 e. The maximum absolute atomic E-state index is 12.5. The number of primary sulfonamides is 1. The molecule has 0 aromatic heterocycles. The summed E-state index contributed by atoms with van der Waals surface area (Å²) in [6, 6.07) is 16.4. The summed E-state index contributed by atoms with van der Waals surface area (Å²) < 4.78 is 38.0. The van der Waals surface area contributed by atoms with Gasteiger partial charge >= 0.3 is 254 Å². The Labute approximate surface area is 313 Å². The molecule has 42 heavy (non-hydrogen) atoms. The molecule has 5 N–H and O–H groups in total. The molecule has 0 spiro atoms. The molecule has 0 unspecified atom stereocenters. The third-order valence-electron chi connectivity index (χ3n) is 5.85. The van der Waals surface area contributed by atoms with Crippen molar-refractivity contribution in [2.45, 2.75) is 4.90 Å². The average molecular weight is 923 g/mol. The van der Waals surface area contributed by atoms with Crippen molar-refractivity contribution in [3.05, 3.63) is 91.5 Å². The monoisotopic (exact) mass is 922 g/mol. The van der Waals surface area contributed by atoms with E-state index in [9.17, 15) is 31.2 Å². The number of rotatable bonds is 4. The van der Waals surface area contributed by atoms with Crippen molar-refractivity contribution in [3.63, 3.8) is 0 Å². The van der Waals surface area contributed by atoms with Crippen molar-refractivity contribution < 1.29 is 115 Å². The smallest absolute Gasteiger partial charge is 1.00 e. The van der Waals surface area contributed by atoms with Gasteiger partial charge in [0.15, 0.2) is 0 Å². The zero-order valence-corrected chi connectivity index (χ0v) is 35.7. The van der Waals surface area contributed by atoms with Gasteiger partial charge in [0, 0.05) is 5.69 Å². The van der Waals surface area contributed by atoms with E-state index in [0.717, 1.165) is 0 Å². The zero-order valence-electron chi connectivity index (χ0n) is 22.2. The van der Waals surface area contributed by atoms with Gasteiger partial charge in [0.2, 0.25) is 10.0 Å². The summed E-state index contributed by atoms with van der Waals surface area (Å²) in [5.41, 5.74) is 6.98. The van der Waals surface area contributed by atoms with Crippen LogP contribution in [0.25, 0.3) is 33.4 Å². The largest absolute Gasteiger partial charge is 1.00 e. The predicted octanol–water partition coefficient (Wildman–Crippen LogP) is -3.93. The fraction of sp³-hybridized carbons (Fsp3) is 0. The first-order valence-electron chi connectivity index (χ1n) is 11.2. The van der Waals surface area contributed by atoms with E-state index < -0.39 is 41.0 Å². The summed E-state index contributed by atoms with van der Waals surface area (Å²) >= 11 is 3.71. The number of carboxylic acids is 1. The number of aromatic carboxylic acids is 1. The van der Waals surface area contributed by atoms with E-state index in [1.165, 1.54) is 36.4 Å². The Balaban J connectivity index is 0.000000404. The SMILES string of the molecule is Nc1ccc(S(N)(=O)=O)cc1.O=C([O-])c1ccccc1-c1c2cc(Br)c(=O)cc-2oc2[c]([Hg][OH])c([O-])c(Br)cc12.[Na+].[Na+]. The van der Waals surface area contributed by atoms with E-state index in [2.05, 4.69) is 31.9 Å². The number of benzene rings is 4. The van der Waals surface area contributed by atoms with Gasteiger partial charge in [-0.05, 0) is 24.3 Å². The summed E-state index contributed by atoms with van der Waals surface area (Å²) in [5.74, 6) is -1.52. The molecule has 0 amide bonds. The zero-order chi connectivity index (χ0) is 29.4. The summed E-state index contributed by atoms with van der Waals surface area (Å²) in [4.78, 5) is 24.0. The average Bonchev–Trinajstić information content (AvgIpc) is 2.90. The Kier molecular flexibility index (Phi) is 13.8. The third kappa shape index (κ3) is 8.06. The van der Waals surface area contributed by atoms with Gasteiger partial charge in [0.25, 0.3) is 0 Å². The Bertz CT molecular complexity index is 1920. The van der Waals surface area contributed by atoms with E-state index in [-0.39, 0.29) is 104 Å². The number of anilines is 1. The molecule has 202 valence electrons. The van der Waals surface area contributed by atoms with Crippen molar-refractivity contribution in [2.24, 2.45) is 5.14 Å². The van der Waals surface area contributed by atoms with Crippen LogP contribution >= 0.6 is 31.9 Å². The molecule has 10 nitrogen and oxygen atoms in total. The van der Waals surface area contributed by atoms with Crippen molar-refractivity contribution >= 4 is 67.6 Å². The van der Waals surface area contributed by atoms with Crippen LogP contribution in [0.1, 0.15) is 10.4 Å². The van der Waals surface area contributed by atoms with Crippen LogP contribution in [0.4, 0.5) is 5.69 Å². The number of carboxylic acid groups (broad SMARTS) is 1. The number of halogens is 2. The third-order valence-corrected chi connectivity index (χ3v) is 11.7. The fourth-order valence-electron chi connectivity index (χ4n) is 4.01. The predicted molar refractivity (Wildman–Crippen MR) is 148 cm³/mol. The molecule has 16 heteroatoms. The fourth-order valence-corrected chi connectivity index (χ4v) is 9.22. The van der Waals surface area contributed by atoms with Crippen molar-refractivity contribution in [1.82, 2.24) is 0 Å². The Morgan fingerprint density at radius 1 is 0.952 bits per heavy atom. The maximum Gasteiger partial charge on any atom is 1.00 e. The van der Waals surface area contributed by atoms with Crippen LogP contribution in [0.15, 0.2) is 89.8 Å². The minimum absolute atomic E-state index is 0. The quantitative estimate of drug-likeness (QED) is 0.0916. The topological polar surface area (TPSA) is 200 Å². The molecule has 0 saturated carbocycles. The summed E-state index contributed by atoms with van der Waals surface area (Å²) in [7, 11) is -3.58. The van der Waals surface area contributed by atoms with Crippen LogP contribution < -0.4 is 88.7 Å². The van der Waals surface area contributed by atoms with Crippen molar-refractivity contribution in [1.29, 1.82) is 0 Å². The van der Waals surface area contributed by atoms with Gasteiger partial charge in [-0.25, -0.2) is 13.6 Å². The normalized spacial score (nSPS) is 10.6. The molecule has 0 radical (unpaired) electrons. The van der Waals surface area contributed by atoms with Crippen LogP contribution in [0.3, 0.4) is 0 Å². The second kappa shape index (κ2) is 15.5. The molecule has 0 bridgehead atoms. The maximum atomic E-state index is 12.5. The Hall–Kier alpha value is -0.815. The van der Waals surface area contributed by atoms with Gasteiger partial charge in [0.1, 0.15) is 0 Å². The van der Waals surface area contributed by atoms with E-state index in [1.807, 2.05) is 0 Å². The second-order valence-electron chi connectivity index (χ2n) is 8.40. The van der Waals surface area contributed by atoms with Gasteiger partial charge in [-0.3, -0.25) is 0 Å². The standard InChI is InChI=1S/C20H9Br2O5.C6H8N2O2S.Hg.2Na.H2O/c21-13-5-11-17(7-15(13)23)27-18-8-16(24)14(22)6-12(18)19(11)9-3-1-2-4-10(9)20(25)26;7-5-1-3-6(4-2-5)11(8,9)10;;;;/h1-7,24H,(H,25,26);1-4H,7H2,(H2,8,9,10);;;;1H2/q;;3*+1;/p-3. The van der Waals surface area contributed by atoms with E-state index >= 15 is 0 Å². The van der Waals surface area contributed by atoms with Gasteiger partial charge in [-0.1, -0.05) is 0 Å². The molecule has 0 saturated heterocycles. The molecular weight excluding hydrogens is 907 g/mol. The number of fused-ring (bicyclic) bond motifs is 2. The van der Waals surface area contributed by atoms with Gasteiger partial charge in [-0.15, -0.1) is 0 Å². The molecule has 3 aromatic rings. The van der Waals surface area contributed by atoms with Crippen LogP contribution in [-0.4, -0.2) is 17.4 Å².